The third kappa shape index (κ3) is 5.59. The minimum atomic E-state index is -0.273. The standard InChI is InChI=1S/C30H32N8O3S/c39-28(27-16-32-30(42-27)33-21-12-18-4-1-2-5-19(18)13-21)34-25-14-20(7-8-23(25)31-15-22-6-3-11-41-22)29(40)38-10-9-24-26(17-38)36-37-35-24/h1-2,4-5,7-8,14,16,21-22,31H,3,6,9-13,15,17H2,(H,32,33)(H,34,39)(H,35,36,37)/t22-/m0/s1. The molecule has 2 amide bonds. The van der Waals surface area contributed by atoms with E-state index in [-0.39, 0.29) is 24.0 Å². The number of aromatic amines is 1. The van der Waals surface area contributed by atoms with Gasteiger partial charge in [0.15, 0.2) is 5.13 Å². The Labute approximate surface area is 247 Å². The summed E-state index contributed by atoms with van der Waals surface area (Å²) in [6, 6.07) is 14.1. The second-order valence-electron chi connectivity index (χ2n) is 11.0. The Kier molecular flexibility index (Phi) is 7.30. The Morgan fingerprint density at radius 2 is 1.90 bits per heavy atom. The number of fused-ring (bicyclic) bond motifs is 2. The van der Waals surface area contributed by atoms with Gasteiger partial charge in [0.2, 0.25) is 0 Å². The molecule has 2 aromatic carbocycles. The van der Waals surface area contributed by atoms with Gasteiger partial charge in [0.25, 0.3) is 11.8 Å². The van der Waals surface area contributed by atoms with E-state index in [4.69, 9.17) is 4.74 Å². The molecule has 0 spiro atoms. The summed E-state index contributed by atoms with van der Waals surface area (Å²) in [6.07, 6.45) is 6.28. The van der Waals surface area contributed by atoms with E-state index in [0.29, 0.717) is 42.2 Å². The normalized spacial score (nSPS) is 18.0. The van der Waals surface area contributed by atoms with Crippen molar-refractivity contribution >= 4 is 39.7 Å². The Morgan fingerprint density at radius 1 is 1.07 bits per heavy atom. The van der Waals surface area contributed by atoms with E-state index in [1.165, 1.54) is 22.5 Å². The van der Waals surface area contributed by atoms with Crippen molar-refractivity contribution in [3.8, 4) is 0 Å². The maximum Gasteiger partial charge on any atom is 0.267 e. The Bertz CT molecular complexity index is 1590. The molecule has 4 heterocycles. The second kappa shape index (κ2) is 11.5. The average Bonchev–Trinajstić information content (AvgIpc) is 3.82. The first-order valence-corrected chi connectivity index (χ1v) is 15.2. The number of carbonyl (C=O) groups excluding carboxylic acids is 2. The molecule has 7 rings (SSSR count). The summed E-state index contributed by atoms with van der Waals surface area (Å²) >= 11 is 1.33. The lowest BCUT2D eigenvalue weighted by molar-refractivity contribution is 0.0731. The zero-order valence-corrected chi connectivity index (χ0v) is 23.9. The third-order valence-electron chi connectivity index (χ3n) is 8.12. The highest BCUT2D eigenvalue weighted by atomic mass is 32.1. The fourth-order valence-corrected chi connectivity index (χ4v) is 6.68. The Balaban J connectivity index is 1.06. The molecule has 0 saturated carbocycles. The fourth-order valence-electron chi connectivity index (χ4n) is 5.89. The van der Waals surface area contributed by atoms with Crippen molar-refractivity contribution in [2.45, 2.75) is 50.8 Å². The molecule has 0 bridgehead atoms. The third-order valence-corrected chi connectivity index (χ3v) is 9.04. The van der Waals surface area contributed by atoms with E-state index >= 15 is 0 Å². The SMILES string of the molecule is O=C(Nc1cc(C(=O)N2CCc3n[nH]nc3C2)ccc1NC[C@@H]1CCCO1)c1cnc(NC2Cc3ccccc3C2)s1. The molecule has 2 aliphatic heterocycles. The number of carbonyl (C=O) groups is 2. The van der Waals surface area contributed by atoms with E-state index < -0.39 is 0 Å². The molecule has 1 aliphatic carbocycles. The number of nitrogens with zero attached hydrogens (tertiary/aromatic N) is 4. The van der Waals surface area contributed by atoms with E-state index in [0.717, 1.165) is 54.5 Å². The van der Waals surface area contributed by atoms with E-state index in [1.807, 2.05) is 6.07 Å². The first-order valence-electron chi connectivity index (χ1n) is 14.4. The van der Waals surface area contributed by atoms with Gasteiger partial charge in [-0.05, 0) is 55.0 Å². The quantitative estimate of drug-likeness (QED) is 0.245. The average molecular weight is 585 g/mol. The number of anilines is 3. The molecule has 2 aromatic heterocycles. The Morgan fingerprint density at radius 3 is 2.71 bits per heavy atom. The van der Waals surface area contributed by atoms with E-state index in [1.54, 1.807) is 23.2 Å². The van der Waals surface area contributed by atoms with Crippen LogP contribution in [-0.2, 0) is 30.5 Å². The summed E-state index contributed by atoms with van der Waals surface area (Å²) in [5.41, 5.74) is 6.16. The lowest BCUT2D eigenvalue weighted by atomic mass is 10.1. The van der Waals surface area contributed by atoms with Crippen LogP contribution in [-0.4, -0.2) is 69.0 Å². The van der Waals surface area contributed by atoms with Gasteiger partial charge in [-0.2, -0.15) is 15.4 Å². The van der Waals surface area contributed by atoms with Crippen molar-refractivity contribution in [3.05, 3.63) is 81.6 Å². The number of nitrogens with one attached hydrogen (secondary N) is 4. The van der Waals surface area contributed by atoms with Crippen LogP contribution in [0, 0.1) is 0 Å². The molecular formula is C30H32N8O3S. The number of H-pyrrole nitrogens is 1. The van der Waals surface area contributed by atoms with Gasteiger partial charge in [-0.15, -0.1) is 0 Å². The number of ether oxygens (including phenoxy) is 1. The summed E-state index contributed by atoms with van der Waals surface area (Å²) in [4.78, 5) is 33.6. The smallest absolute Gasteiger partial charge is 0.267 e. The molecule has 1 saturated heterocycles. The number of rotatable bonds is 8. The number of amides is 2. The molecule has 1 atom stereocenters. The number of benzene rings is 2. The molecule has 4 aromatic rings. The molecular weight excluding hydrogens is 552 g/mol. The van der Waals surface area contributed by atoms with Gasteiger partial charge >= 0.3 is 0 Å². The highest BCUT2D eigenvalue weighted by Crippen LogP contribution is 2.30. The monoisotopic (exact) mass is 584 g/mol. The summed E-state index contributed by atoms with van der Waals surface area (Å²) in [7, 11) is 0. The zero-order valence-electron chi connectivity index (χ0n) is 23.1. The summed E-state index contributed by atoms with van der Waals surface area (Å²) in [5.74, 6) is -0.392. The van der Waals surface area contributed by atoms with Gasteiger partial charge in [0, 0.05) is 37.7 Å². The van der Waals surface area contributed by atoms with Crippen molar-refractivity contribution < 1.29 is 14.3 Å². The van der Waals surface area contributed by atoms with Crippen molar-refractivity contribution in [1.29, 1.82) is 0 Å². The van der Waals surface area contributed by atoms with Gasteiger partial charge in [-0.3, -0.25) is 9.59 Å². The maximum absolute atomic E-state index is 13.5. The molecule has 0 radical (unpaired) electrons. The minimum Gasteiger partial charge on any atom is -0.381 e. The maximum atomic E-state index is 13.5. The number of aromatic nitrogens is 4. The van der Waals surface area contributed by atoms with Gasteiger partial charge in [0.1, 0.15) is 10.6 Å². The van der Waals surface area contributed by atoms with Crippen LogP contribution in [0.1, 0.15) is 55.4 Å². The van der Waals surface area contributed by atoms with Crippen LogP contribution < -0.4 is 16.0 Å². The number of hydrogen-bond acceptors (Lipinski definition) is 9. The van der Waals surface area contributed by atoms with Crippen LogP contribution in [0.5, 0.6) is 0 Å². The van der Waals surface area contributed by atoms with E-state index in [2.05, 4.69) is 60.6 Å². The molecule has 0 unspecified atom stereocenters. The highest BCUT2D eigenvalue weighted by molar-refractivity contribution is 7.17. The lowest BCUT2D eigenvalue weighted by Crippen LogP contribution is -2.36. The predicted molar refractivity (Wildman–Crippen MR) is 160 cm³/mol. The first kappa shape index (κ1) is 26.6. The second-order valence-corrected chi connectivity index (χ2v) is 12.0. The lowest BCUT2D eigenvalue weighted by Gasteiger charge is -2.26. The van der Waals surface area contributed by atoms with Crippen molar-refractivity contribution in [2.75, 3.05) is 35.6 Å². The van der Waals surface area contributed by atoms with Crippen LogP contribution in [0.15, 0.2) is 48.7 Å². The number of hydrogen-bond donors (Lipinski definition) is 4. The zero-order chi connectivity index (χ0) is 28.5. The van der Waals surface area contributed by atoms with E-state index in [9.17, 15) is 9.59 Å². The molecule has 4 N–H and O–H groups in total. The van der Waals surface area contributed by atoms with Crippen LogP contribution >= 0.6 is 11.3 Å². The molecule has 12 heteroatoms. The summed E-state index contributed by atoms with van der Waals surface area (Å²) in [5, 5.41) is 21.6. The van der Waals surface area contributed by atoms with Gasteiger partial charge in [0.05, 0.1) is 35.9 Å². The van der Waals surface area contributed by atoms with Gasteiger partial charge in [-0.1, -0.05) is 35.6 Å². The molecule has 3 aliphatic rings. The first-order chi connectivity index (χ1) is 20.6. The summed E-state index contributed by atoms with van der Waals surface area (Å²) in [6.45, 7) is 2.34. The van der Waals surface area contributed by atoms with Crippen LogP contribution in [0.4, 0.5) is 16.5 Å². The van der Waals surface area contributed by atoms with Gasteiger partial charge in [-0.25, -0.2) is 4.98 Å². The number of thiazole rings is 1. The Hall–Kier alpha value is -4.29. The highest BCUT2D eigenvalue weighted by Gasteiger charge is 2.26. The van der Waals surface area contributed by atoms with Crippen molar-refractivity contribution in [3.63, 3.8) is 0 Å². The topological polar surface area (TPSA) is 137 Å². The van der Waals surface area contributed by atoms with Crippen LogP contribution in [0.2, 0.25) is 0 Å². The minimum absolute atomic E-state index is 0.119. The van der Waals surface area contributed by atoms with Crippen LogP contribution in [0.3, 0.4) is 0 Å². The molecule has 1 fully saturated rings. The predicted octanol–water partition coefficient (Wildman–Crippen LogP) is 3.88. The molecule has 11 nitrogen and oxygen atoms in total. The summed E-state index contributed by atoms with van der Waals surface area (Å²) < 4.78 is 5.77. The largest absolute Gasteiger partial charge is 0.381 e. The molecule has 216 valence electrons. The van der Waals surface area contributed by atoms with Crippen molar-refractivity contribution in [1.82, 2.24) is 25.3 Å². The molecule has 42 heavy (non-hydrogen) atoms. The van der Waals surface area contributed by atoms with Crippen LogP contribution in [0.25, 0.3) is 0 Å². The van der Waals surface area contributed by atoms with Crippen molar-refractivity contribution in [2.24, 2.45) is 0 Å². The van der Waals surface area contributed by atoms with Gasteiger partial charge < -0.3 is 25.6 Å². The fraction of sp³-hybridized carbons (Fsp3) is 0.367.